The fourth-order valence-electron chi connectivity index (χ4n) is 2.59. The van der Waals surface area contributed by atoms with Gasteiger partial charge in [0.2, 0.25) is 11.7 Å². The van der Waals surface area contributed by atoms with Gasteiger partial charge < -0.3 is 9.84 Å². The van der Waals surface area contributed by atoms with Crippen LogP contribution in [0.4, 0.5) is 4.39 Å². The molecule has 0 unspecified atom stereocenters. The summed E-state index contributed by atoms with van der Waals surface area (Å²) in [5, 5.41) is 6.77. The number of amides is 1. The van der Waals surface area contributed by atoms with Crippen LogP contribution in [-0.2, 0) is 5.41 Å². The molecule has 3 aromatic rings. The Hall–Kier alpha value is -3.02. The third-order valence-corrected chi connectivity index (χ3v) is 4.28. The van der Waals surface area contributed by atoms with Crippen LogP contribution in [-0.4, -0.2) is 16.0 Å². The number of carbonyl (C=O) groups excluding carboxylic acids is 1. The number of nitrogens with one attached hydrogen (secondary N) is 1. The first-order chi connectivity index (χ1) is 12.7. The molecule has 0 saturated carbocycles. The lowest BCUT2D eigenvalue weighted by atomic mass is 9.87. The van der Waals surface area contributed by atoms with Crippen molar-refractivity contribution < 1.29 is 13.7 Å². The Morgan fingerprint density at radius 1 is 1.07 bits per heavy atom. The van der Waals surface area contributed by atoms with Gasteiger partial charge in [0, 0.05) is 11.1 Å². The van der Waals surface area contributed by atoms with Crippen molar-refractivity contribution in [1.29, 1.82) is 0 Å². The molecule has 1 aromatic heterocycles. The molecule has 0 fully saturated rings. The van der Waals surface area contributed by atoms with Gasteiger partial charge in [-0.15, -0.1) is 0 Å². The summed E-state index contributed by atoms with van der Waals surface area (Å²) in [6, 6.07) is 12.9. The van der Waals surface area contributed by atoms with Crippen LogP contribution >= 0.6 is 0 Å². The van der Waals surface area contributed by atoms with Crippen LogP contribution in [0.1, 0.15) is 55.5 Å². The van der Waals surface area contributed by atoms with Crippen molar-refractivity contribution in [3.63, 3.8) is 0 Å². The van der Waals surface area contributed by atoms with E-state index in [0.717, 1.165) is 5.56 Å². The summed E-state index contributed by atoms with van der Waals surface area (Å²) >= 11 is 0. The van der Waals surface area contributed by atoms with Crippen LogP contribution in [0.3, 0.4) is 0 Å². The first-order valence-electron chi connectivity index (χ1n) is 8.75. The van der Waals surface area contributed by atoms with Gasteiger partial charge in [-0.25, -0.2) is 4.39 Å². The van der Waals surface area contributed by atoms with Crippen LogP contribution in [0.25, 0.3) is 11.4 Å². The molecule has 2 aromatic carbocycles. The number of aromatic nitrogens is 2. The third-order valence-electron chi connectivity index (χ3n) is 4.28. The Bertz CT molecular complexity index is 925. The van der Waals surface area contributed by atoms with Crippen LogP contribution < -0.4 is 5.32 Å². The highest BCUT2D eigenvalue weighted by Gasteiger charge is 2.19. The van der Waals surface area contributed by atoms with Crippen LogP contribution in [0, 0.1) is 5.82 Å². The second kappa shape index (κ2) is 7.31. The minimum absolute atomic E-state index is 0.0695. The maximum absolute atomic E-state index is 13.0. The molecule has 6 heteroatoms. The molecule has 0 saturated heterocycles. The zero-order valence-electron chi connectivity index (χ0n) is 15.8. The van der Waals surface area contributed by atoms with Gasteiger partial charge in [-0.05, 0) is 42.2 Å². The molecule has 140 valence electrons. The number of carbonyl (C=O) groups is 1. The lowest BCUT2D eigenvalue weighted by molar-refractivity contribution is 0.0932. The zero-order valence-corrected chi connectivity index (χ0v) is 15.8. The number of hydrogen-bond acceptors (Lipinski definition) is 4. The highest BCUT2D eigenvalue weighted by atomic mass is 19.1. The fraction of sp³-hybridized carbons (Fsp3) is 0.286. The minimum atomic E-state index is -0.474. The maximum atomic E-state index is 13.0. The van der Waals surface area contributed by atoms with Gasteiger partial charge in [0.25, 0.3) is 5.91 Å². The summed E-state index contributed by atoms with van der Waals surface area (Å²) in [4.78, 5) is 16.6. The molecule has 5 nitrogen and oxygen atoms in total. The Balaban J connectivity index is 1.71. The molecule has 0 radical (unpaired) electrons. The average Bonchev–Trinajstić information content (AvgIpc) is 3.12. The second-order valence-electron chi connectivity index (χ2n) is 7.49. The van der Waals surface area contributed by atoms with Crippen LogP contribution in [0.5, 0.6) is 0 Å². The van der Waals surface area contributed by atoms with Crippen molar-refractivity contribution in [2.24, 2.45) is 0 Å². The molecule has 0 aliphatic rings. The van der Waals surface area contributed by atoms with Crippen molar-refractivity contribution in [2.45, 2.75) is 39.2 Å². The molecule has 0 aliphatic heterocycles. The van der Waals surface area contributed by atoms with Crippen molar-refractivity contribution in [2.75, 3.05) is 0 Å². The predicted octanol–water partition coefficient (Wildman–Crippen LogP) is 4.66. The van der Waals surface area contributed by atoms with E-state index >= 15 is 0 Å². The summed E-state index contributed by atoms with van der Waals surface area (Å²) in [6.45, 7) is 8.21. The van der Waals surface area contributed by atoms with Crippen molar-refractivity contribution in [1.82, 2.24) is 15.5 Å². The monoisotopic (exact) mass is 367 g/mol. The first kappa shape index (κ1) is 18.8. The molecule has 1 heterocycles. The summed E-state index contributed by atoms with van der Waals surface area (Å²) in [7, 11) is 0. The normalized spacial score (nSPS) is 12.6. The molecule has 0 bridgehead atoms. The molecule has 1 atom stereocenters. The van der Waals surface area contributed by atoms with E-state index in [1.165, 1.54) is 29.8 Å². The van der Waals surface area contributed by atoms with Gasteiger partial charge in [-0.3, -0.25) is 4.79 Å². The summed E-state index contributed by atoms with van der Waals surface area (Å²) in [6.07, 6.45) is 0. The van der Waals surface area contributed by atoms with E-state index < -0.39 is 11.9 Å². The zero-order chi connectivity index (χ0) is 19.6. The Kier molecular flexibility index (Phi) is 5.08. The predicted molar refractivity (Wildman–Crippen MR) is 101 cm³/mol. The van der Waals surface area contributed by atoms with E-state index in [1.807, 2.05) is 24.3 Å². The van der Waals surface area contributed by atoms with E-state index in [9.17, 15) is 9.18 Å². The van der Waals surface area contributed by atoms with Crippen LogP contribution in [0.15, 0.2) is 53.1 Å². The number of benzene rings is 2. The van der Waals surface area contributed by atoms with Gasteiger partial charge in [-0.1, -0.05) is 50.2 Å². The average molecular weight is 367 g/mol. The number of hydrogen-bond donors (Lipinski definition) is 1. The van der Waals surface area contributed by atoms with Crippen molar-refractivity contribution in [3.05, 3.63) is 71.4 Å². The minimum Gasteiger partial charge on any atom is -0.341 e. The molecule has 0 spiro atoms. The van der Waals surface area contributed by atoms with E-state index in [1.54, 1.807) is 6.92 Å². The van der Waals surface area contributed by atoms with Gasteiger partial charge >= 0.3 is 0 Å². The van der Waals surface area contributed by atoms with Gasteiger partial charge in [0.1, 0.15) is 11.9 Å². The van der Waals surface area contributed by atoms with E-state index in [4.69, 9.17) is 4.52 Å². The van der Waals surface area contributed by atoms with E-state index in [0.29, 0.717) is 17.3 Å². The number of nitrogens with zero attached hydrogens (tertiary/aromatic N) is 2. The highest BCUT2D eigenvalue weighted by molar-refractivity contribution is 5.94. The highest BCUT2D eigenvalue weighted by Crippen LogP contribution is 2.25. The lowest BCUT2D eigenvalue weighted by Gasteiger charge is -2.18. The smallest absolute Gasteiger partial charge is 0.251 e. The molecular weight excluding hydrogens is 345 g/mol. The molecule has 1 N–H and O–H groups in total. The Morgan fingerprint density at radius 3 is 2.30 bits per heavy atom. The van der Waals surface area contributed by atoms with E-state index in [2.05, 4.69) is 36.2 Å². The molecule has 27 heavy (non-hydrogen) atoms. The second-order valence-corrected chi connectivity index (χ2v) is 7.49. The summed E-state index contributed by atoms with van der Waals surface area (Å²) < 4.78 is 18.3. The van der Waals surface area contributed by atoms with Crippen molar-refractivity contribution >= 4 is 5.91 Å². The topological polar surface area (TPSA) is 68.0 Å². The molecular formula is C21H22FN3O2. The molecule has 3 rings (SSSR count). The largest absolute Gasteiger partial charge is 0.341 e. The lowest BCUT2D eigenvalue weighted by Crippen LogP contribution is -2.26. The molecule has 0 aliphatic carbocycles. The summed E-state index contributed by atoms with van der Waals surface area (Å²) in [5.41, 5.74) is 2.49. The standard InChI is InChI=1S/C21H22FN3O2/c1-13(23-19(26)15-7-11-17(22)12-8-15)20-24-18(25-27-20)14-5-9-16(10-6-14)21(2,3)4/h5-13H,1-4H3,(H,23,26)/t13-/m0/s1. The SMILES string of the molecule is C[C@H](NC(=O)c1ccc(F)cc1)c1nc(-c2ccc(C(C)(C)C)cc2)no1. The summed E-state index contributed by atoms with van der Waals surface area (Å²) in [5.74, 6) is 0.0455. The fourth-order valence-corrected chi connectivity index (χ4v) is 2.59. The Morgan fingerprint density at radius 2 is 1.70 bits per heavy atom. The maximum Gasteiger partial charge on any atom is 0.251 e. The van der Waals surface area contributed by atoms with Crippen LogP contribution in [0.2, 0.25) is 0 Å². The van der Waals surface area contributed by atoms with Gasteiger partial charge in [0.15, 0.2) is 0 Å². The number of halogens is 1. The quantitative estimate of drug-likeness (QED) is 0.728. The third kappa shape index (κ3) is 4.39. The Labute approximate surface area is 157 Å². The first-order valence-corrected chi connectivity index (χ1v) is 8.75. The molecule has 1 amide bonds. The van der Waals surface area contributed by atoms with Crippen molar-refractivity contribution in [3.8, 4) is 11.4 Å². The van der Waals surface area contributed by atoms with Gasteiger partial charge in [0.05, 0.1) is 0 Å². The van der Waals surface area contributed by atoms with E-state index in [-0.39, 0.29) is 11.3 Å². The number of rotatable bonds is 4. The van der Waals surface area contributed by atoms with Gasteiger partial charge in [-0.2, -0.15) is 4.98 Å².